The van der Waals surface area contributed by atoms with Crippen LogP contribution in [-0.2, 0) is 6.42 Å². The summed E-state index contributed by atoms with van der Waals surface area (Å²) >= 11 is 0. The lowest BCUT2D eigenvalue weighted by atomic mass is 10.1. The van der Waals surface area contributed by atoms with Crippen LogP contribution in [0.5, 0.6) is 5.75 Å². The van der Waals surface area contributed by atoms with Gasteiger partial charge in [-0.3, -0.25) is 4.79 Å². The van der Waals surface area contributed by atoms with E-state index in [1.54, 1.807) is 12.1 Å². The average molecular weight is 322 g/mol. The van der Waals surface area contributed by atoms with Gasteiger partial charge in [0, 0.05) is 6.07 Å². The molecule has 0 saturated heterocycles. The Balaban J connectivity index is 2.60. The number of aliphatic hydroxyl groups excluding tert-OH is 2. The first kappa shape index (κ1) is 17.0. The number of rotatable bonds is 7. The van der Waals surface area contributed by atoms with Gasteiger partial charge in [-0.25, -0.2) is 4.79 Å². The smallest absolute Gasteiger partial charge is 0.371 e. The summed E-state index contributed by atoms with van der Waals surface area (Å²) in [5, 5.41) is 27.4. The Morgan fingerprint density at radius 3 is 2.74 bits per heavy atom. The lowest BCUT2D eigenvalue weighted by Crippen LogP contribution is -2.22. The number of ether oxygens (including phenoxy) is 1. The van der Waals surface area contributed by atoms with Gasteiger partial charge in [0.05, 0.1) is 6.61 Å². The van der Waals surface area contributed by atoms with Gasteiger partial charge in [0.15, 0.2) is 5.43 Å². The van der Waals surface area contributed by atoms with E-state index in [9.17, 15) is 14.7 Å². The molecule has 0 aliphatic rings. The third kappa shape index (κ3) is 3.69. The topological polar surface area (TPSA) is 117 Å². The van der Waals surface area contributed by atoms with E-state index >= 15 is 0 Å². The summed E-state index contributed by atoms with van der Waals surface area (Å²) in [6.45, 7) is 1.29. The van der Waals surface area contributed by atoms with E-state index in [-0.39, 0.29) is 23.3 Å². The van der Waals surface area contributed by atoms with Crippen molar-refractivity contribution in [1.82, 2.24) is 0 Å². The fourth-order valence-electron chi connectivity index (χ4n) is 2.22. The van der Waals surface area contributed by atoms with Crippen LogP contribution in [0.15, 0.2) is 27.4 Å². The molecule has 7 heteroatoms. The van der Waals surface area contributed by atoms with E-state index < -0.39 is 29.9 Å². The van der Waals surface area contributed by atoms with Crippen LogP contribution < -0.4 is 10.2 Å². The molecule has 2 rings (SSSR count). The molecule has 0 spiro atoms. The predicted octanol–water partition coefficient (Wildman–Crippen LogP) is 1.18. The molecular formula is C16H18O7. The van der Waals surface area contributed by atoms with Crippen molar-refractivity contribution in [1.29, 1.82) is 0 Å². The summed E-state index contributed by atoms with van der Waals surface area (Å²) in [7, 11) is 0. The van der Waals surface area contributed by atoms with Crippen molar-refractivity contribution < 1.29 is 29.3 Å². The van der Waals surface area contributed by atoms with Crippen LogP contribution in [0.3, 0.4) is 0 Å². The molecule has 1 unspecified atom stereocenters. The Labute approximate surface area is 131 Å². The van der Waals surface area contributed by atoms with E-state index in [1.807, 2.05) is 6.92 Å². The molecule has 1 aromatic heterocycles. The molecule has 124 valence electrons. The first-order chi connectivity index (χ1) is 11.0. The third-order valence-corrected chi connectivity index (χ3v) is 3.29. The van der Waals surface area contributed by atoms with Gasteiger partial charge in [-0.15, -0.1) is 0 Å². The van der Waals surface area contributed by atoms with Crippen LogP contribution in [0.4, 0.5) is 0 Å². The molecule has 1 aromatic carbocycles. The van der Waals surface area contributed by atoms with E-state index in [0.29, 0.717) is 12.0 Å². The minimum atomic E-state index is -1.33. The standard InChI is InChI=1S/C16H18O7/c1-2-3-9-4-5-12(22-8-10(18)7-17)14-11(19)6-13(16(20)21)23-15(9)14/h4-6,10,17-18H,2-3,7-8H2,1H3,(H,20,21). The fourth-order valence-corrected chi connectivity index (χ4v) is 2.22. The maximum Gasteiger partial charge on any atom is 0.371 e. The van der Waals surface area contributed by atoms with Crippen molar-refractivity contribution in [3.05, 3.63) is 39.7 Å². The molecule has 2 aromatic rings. The minimum absolute atomic E-state index is 0.131. The molecule has 1 heterocycles. The highest BCUT2D eigenvalue weighted by Gasteiger charge is 2.17. The van der Waals surface area contributed by atoms with Gasteiger partial charge in [0.25, 0.3) is 0 Å². The fraction of sp³-hybridized carbons (Fsp3) is 0.375. The Kier molecular flexibility index (Phi) is 5.36. The summed E-state index contributed by atoms with van der Waals surface area (Å²) in [5.41, 5.74) is 0.348. The quantitative estimate of drug-likeness (QED) is 0.700. The van der Waals surface area contributed by atoms with Crippen molar-refractivity contribution >= 4 is 16.9 Å². The lowest BCUT2D eigenvalue weighted by Gasteiger charge is -2.13. The molecule has 0 saturated carbocycles. The number of carbonyl (C=O) groups is 1. The first-order valence-corrected chi connectivity index (χ1v) is 7.22. The van der Waals surface area contributed by atoms with Gasteiger partial charge in [-0.1, -0.05) is 19.4 Å². The number of aliphatic hydroxyl groups is 2. The minimum Gasteiger partial charge on any atom is -0.490 e. The molecule has 7 nitrogen and oxygen atoms in total. The maximum atomic E-state index is 12.3. The largest absolute Gasteiger partial charge is 0.490 e. The van der Waals surface area contributed by atoms with Gasteiger partial charge in [0.2, 0.25) is 5.76 Å². The van der Waals surface area contributed by atoms with Crippen molar-refractivity contribution in [2.24, 2.45) is 0 Å². The highest BCUT2D eigenvalue weighted by Crippen LogP contribution is 2.28. The Hall–Kier alpha value is -2.38. The second kappa shape index (κ2) is 7.26. The highest BCUT2D eigenvalue weighted by molar-refractivity contribution is 5.91. The number of hydrogen-bond donors (Lipinski definition) is 3. The van der Waals surface area contributed by atoms with Crippen LogP contribution >= 0.6 is 0 Å². The van der Waals surface area contributed by atoms with Gasteiger partial charge in [-0.05, 0) is 18.1 Å². The van der Waals surface area contributed by atoms with Crippen molar-refractivity contribution in [3.8, 4) is 5.75 Å². The summed E-state index contributed by atoms with van der Waals surface area (Å²) in [5.74, 6) is -1.58. The molecule has 0 aliphatic heterocycles. The van der Waals surface area contributed by atoms with Crippen LogP contribution in [-0.4, -0.2) is 40.6 Å². The lowest BCUT2D eigenvalue weighted by molar-refractivity contribution is 0.0540. The Bertz CT molecular complexity index is 763. The molecule has 0 aliphatic carbocycles. The van der Waals surface area contributed by atoms with E-state index in [1.165, 1.54) is 0 Å². The zero-order valence-electron chi connectivity index (χ0n) is 12.6. The zero-order chi connectivity index (χ0) is 17.0. The van der Waals surface area contributed by atoms with Gasteiger partial charge in [0.1, 0.15) is 29.4 Å². The summed E-state index contributed by atoms with van der Waals surface area (Å²) in [4.78, 5) is 23.4. The van der Waals surface area contributed by atoms with E-state index in [4.69, 9.17) is 19.4 Å². The molecule has 0 amide bonds. The normalized spacial score (nSPS) is 12.3. The molecule has 3 N–H and O–H groups in total. The van der Waals surface area contributed by atoms with Crippen LogP contribution in [0, 0.1) is 0 Å². The zero-order valence-corrected chi connectivity index (χ0v) is 12.6. The van der Waals surface area contributed by atoms with Crippen molar-refractivity contribution in [2.75, 3.05) is 13.2 Å². The van der Waals surface area contributed by atoms with Gasteiger partial charge >= 0.3 is 5.97 Å². The third-order valence-electron chi connectivity index (χ3n) is 3.29. The summed E-state index contributed by atoms with van der Waals surface area (Å²) in [6, 6.07) is 4.17. The number of aromatic carboxylic acids is 1. The second-order valence-corrected chi connectivity index (χ2v) is 5.10. The number of carboxylic acid groups (broad SMARTS) is 1. The number of carboxylic acids is 1. The van der Waals surface area contributed by atoms with E-state index in [2.05, 4.69) is 0 Å². The van der Waals surface area contributed by atoms with E-state index in [0.717, 1.165) is 12.5 Å². The highest BCUT2D eigenvalue weighted by atomic mass is 16.5. The number of aryl methyl sites for hydroxylation is 1. The second-order valence-electron chi connectivity index (χ2n) is 5.10. The SMILES string of the molecule is CCCc1ccc(OCC(O)CO)c2c(=O)cc(C(=O)O)oc12. The first-order valence-electron chi connectivity index (χ1n) is 7.22. The molecule has 0 fully saturated rings. The molecule has 23 heavy (non-hydrogen) atoms. The van der Waals surface area contributed by atoms with Crippen molar-refractivity contribution in [3.63, 3.8) is 0 Å². The molecule has 1 atom stereocenters. The van der Waals surface area contributed by atoms with Crippen LogP contribution in [0.2, 0.25) is 0 Å². The number of benzene rings is 1. The van der Waals surface area contributed by atoms with Crippen LogP contribution in [0.1, 0.15) is 29.5 Å². The van der Waals surface area contributed by atoms with Crippen molar-refractivity contribution in [2.45, 2.75) is 25.9 Å². The predicted molar refractivity (Wildman–Crippen MR) is 82.0 cm³/mol. The maximum absolute atomic E-state index is 12.3. The number of fused-ring (bicyclic) bond motifs is 1. The summed E-state index contributed by atoms with van der Waals surface area (Å²) in [6.07, 6.45) is 0.326. The Morgan fingerprint density at radius 1 is 1.39 bits per heavy atom. The van der Waals surface area contributed by atoms with Gasteiger partial charge in [-0.2, -0.15) is 0 Å². The van der Waals surface area contributed by atoms with Gasteiger partial charge < -0.3 is 24.5 Å². The Morgan fingerprint density at radius 2 is 2.13 bits per heavy atom. The molecule has 0 radical (unpaired) electrons. The average Bonchev–Trinajstić information content (AvgIpc) is 2.53. The van der Waals surface area contributed by atoms with Crippen LogP contribution in [0.25, 0.3) is 11.0 Å². The summed E-state index contributed by atoms with van der Waals surface area (Å²) < 4.78 is 10.7. The molecular weight excluding hydrogens is 304 g/mol. The molecule has 0 bridgehead atoms. The number of hydrogen-bond acceptors (Lipinski definition) is 6. The monoisotopic (exact) mass is 322 g/mol.